The SMILES string of the molecule is CC(C)(C)OCC(=O)NCCCCCCCCNC(=O)COc1cccc2c1C(=O)N(C1CCC(=O)NC1=O)C2=O. The van der Waals surface area contributed by atoms with E-state index in [0.29, 0.717) is 13.1 Å². The second kappa shape index (κ2) is 14.7. The van der Waals surface area contributed by atoms with Crippen molar-refractivity contribution in [3.05, 3.63) is 29.3 Å². The molecule has 1 aromatic rings. The second-order valence-electron chi connectivity index (χ2n) is 11.1. The van der Waals surface area contributed by atoms with Crippen molar-refractivity contribution in [3.8, 4) is 5.75 Å². The van der Waals surface area contributed by atoms with Crippen molar-refractivity contribution in [1.82, 2.24) is 20.9 Å². The van der Waals surface area contributed by atoms with Crippen molar-refractivity contribution in [3.63, 3.8) is 0 Å². The number of carbonyl (C=O) groups is 6. The molecule has 41 heavy (non-hydrogen) atoms. The summed E-state index contributed by atoms with van der Waals surface area (Å²) in [4.78, 5) is 74.5. The number of amides is 6. The van der Waals surface area contributed by atoms with Crippen LogP contribution >= 0.6 is 0 Å². The molecular weight excluding hydrogens is 532 g/mol. The van der Waals surface area contributed by atoms with Gasteiger partial charge in [-0.1, -0.05) is 31.7 Å². The Balaban J connectivity index is 1.30. The Bertz CT molecular complexity index is 1160. The molecular formula is C29H40N4O8. The average Bonchev–Trinajstić information content (AvgIpc) is 3.17. The van der Waals surface area contributed by atoms with Crippen molar-refractivity contribution in [2.24, 2.45) is 0 Å². The Labute approximate surface area is 239 Å². The van der Waals surface area contributed by atoms with Crippen molar-refractivity contribution in [2.75, 3.05) is 26.3 Å². The average molecular weight is 573 g/mol. The molecule has 0 bridgehead atoms. The van der Waals surface area contributed by atoms with E-state index in [1.165, 1.54) is 12.1 Å². The van der Waals surface area contributed by atoms with Crippen molar-refractivity contribution >= 4 is 35.4 Å². The summed E-state index contributed by atoms with van der Waals surface area (Å²) in [5.41, 5.74) is -0.237. The minimum absolute atomic E-state index is 0.00723. The van der Waals surface area contributed by atoms with Gasteiger partial charge in [-0.05, 0) is 52.2 Å². The van der Waals surface area contributed by atoms with Crippen LogP contribution in [0.2, 0.25) is 0 Å². The van der Waals surface area contributed by atoms with E-state index < -0.39 is 29.7 Å². The normalized spacial score (nSPS) is 16.9. The van der Waals surface area contributed by atoms with Gasteiger partial charge in [-0.3, -0.25) is 39.0 Å². The first-order valence-corrected chi connectivity index (χ1v) is 14.1. The molecule has 0 spiro atoms. The molecule has 2 heterocycles. The van der Waals surface area contributed by atoms with Crippen LogP contribution in [0.25, 0.3) is 0 Å². The molecule has 12 nitrogen and oxygen atoms in total. The van der Waals surface area contributed by atoms with Crippen LogP contribution in [0.3, 0.4) is 0 Å². The number of hydrogen-bond donors (Lipinski definition) is 3. The predicted molar refractivity (Wildman–Crippen MR) is 148 cm³/mol. The first kappa shape index (κ1) is 31.7. The van der Waals surface area contributed by atoms with E-state index in [2.05, 4.69) is 16.0 Å². The molecule has 1 atom stereocenters. The number of imide groups is 2. The van der Waals surface area contributed by atoms with Crippen LogP contribution in [0.5, 0.6) is 5.75 Å². The van der Waals surface area contributed by atoms with Gasteiger partial charge in [0.2, 0.25) is 17.7 Å². The number of rotatable bonds is 15. The van der Waals surface area contributed by atoms with Gasteiger partial charge in [0.1, 0.15) is 18.4 Å². The summed E-state index contributed by atoms with van der Waals surface area (Å²) in [7, 11) is 0. The van der Waals surface area contributed by atoms with Gasteiger partial charge in [0, 0.05) is 19.5 Å². The standard InChI is InChI=1S/C29H40N4O8/c1-29(2,3)41-18-24(36)31-16-9-7-5-4-6-8-15-30-23(35)17-40-21-12-10-11-19-25(21)28(39)33(27(19)38)20-13-14-22(34)32-26(20)37/h10-12,20H,4-9,13-18H2,1-3H3,(H,30,35)(H,31,36)(H,32,34,37). The lowest BCUT2D eigenvalue weighted by Crippen LogP contribution is -2.54. The molecule has 1 fully saturated rings. The number of unbranched alkanes of at least 4 members (excludes halogenated alkanes) is 5. The van der Waals surface area contributed by atoms with Crippen molar-refractivity contribution in [1.29, 1.82) is 0 Å². The third-order valence-electron chi connectivity index (χ3n) is 6.67. The van der Waals surface area contributed by atoms with E-state index in [4.69, 9.17) is 9.47 Å². The number of benzene rings is 1. The van der Waals surface area contributed by atoms with Crippen LogP contribution in [0.1, 0.15) is 92.9 Å². The summed E-state index contributed by atoms with van der Waals surface area (Å²) in [6.45, 7) is 6.57. The largest absolute Gasteiger partial charge is 0.483 e. The number of nitrogens with one attached hydrogen (secondary N) is 3. The molecule has 3 N–H and O–H groups in total. The summed E-state index contributed by atoms with van der Waals surface area (Å²) in [6.07, 6.45) is 5.80. The van der Waals surface area contributed by atoms with E-state index in [-0.39, 0.29) is 60.3 Å². The van der Waals surface area contributed by atoms with E-state index in [9.17, 15) is 28.8 Å². The molecule has 1 saturated heterocycles. The Hall–Kier alpha value is -3.80. The van der Waals surface area contributed by atoms with Crippen LogP contribution in [-0.4, -0.2) is 78.3 Å². The first-order chi connectivity index (χ1) is 19.5. The highest BCUT2D eigenvalue weighted by atomic mass is 16.5. The van der Waals surface area contributed by atoms with Crippen LogP contribution in [-0.2, 0) is 23.9 Å². The van der Waals surface area contributed by atoms with Gasteiger partial charge in [-0.25, -0.2) is 0 Å². The molecule has 12 heteroatoms. The maximum absolute atomic E-state index is 13.1. The summed E-state index contributed by atoms with van der Waals surface area (Å²) in [5, 5.41) is 7.80. The minimum atomic E-state index is -1.07. The topological polar surface area (TPSA) is 160 Å². The number of piperidine rings is 1. The molecule has 1 unspecified atom stereocenters. The quantitative estimate of drug-likeness (QED) is 0.212. The smallest absolute Gasteiger partial charge is 0.266 e. The maximum atomic E-state index is 13.1. The van der Waals surface area contributed by atoms with Crippen LogP contribution in [0, 0.1) is 0 Å². The van der Waals surface area contributed by atoms with E-state index in [0.717, 1.165) is 43.4 Å². The highest BCUT2D eigenvalue weighted by molar-refractivity contribution is 6.24. The zero-order chi connectivity index (χ0) is 30.0. The summed E-state index contributed by atoms with van der Waals surface area (Å²) in [6, 6.07) is 3.43. The molecule has 0 radical (unpaired) electrons. The van der Waals surface area contributed by atoms with Gasteiger partial charge in [0.25, 0.3) is 17.7 Å². The molecule has 2 aliphatic heterocycles. The molecule has 6 amide bonds. The van der Waals surface area contributed by atoms with Crippen molar-refractivity contribution in [2.45, 2.75) is 83.8 Å². The van der Waals surface area contributed by atoms with Gasteiger partial charge < -0.3 is 20.1 Å². The van der Waals surface area contributed by atoms with Gasteiger partial charge in [0.15, 0.2) is 6.61 Å². The Morgan fingerprint density at radius 1 is 0.902 bits per heavy atom. The number of carbonyl (C=O) groups excluding carboxylic acids is 6. The third-order valence-corrected chi connectivity index (χ3v) is 6.67. The molecule has 0 aromatic heterocycles. The molecule has 0 saturated carbocycles. The second-order valence-corrected chi connectivity index (χ2v) is 11.1. The zero-order valence-electron chi connectivity index (χ0n) is 24.0. The fourth-order valence-corrected chi connectivity index (χ4v) is 4.54. The third kappa shape index (κ3) is 9.38. The maximum Gasteiger partial charge on any atom is 0.266 e. The van der Waals surface area contributed by atoms with Gasteiger partial charge >= 0.3 is 0 Å². The van der Waals surface area contributed by atoms with Crippen LogP contribution < -0.4 is 20.7 Å². The lowest BCUT2D eigenvalue weighted by Gasteiger charge is -2.27. The zero-order valence-corrected chi connectivity index (χ0v) is 24.0. The van der Waals surface area contributed by atoms with E-state index in [1.807, 2.05) is 20.8 Å². The van der Waals surface area contributed by atoms with Gasteiger partial charge in [0.05, 0.1) is 16.7 Å². The lowest BCUT2D eigenvalue weighted by molar-refractivity contribution is -0.136. The van der Waals surface area contributed by atoms with Crippen LogP contribution in [0.15, 0.2) is 18.2 Å². The van der Waals surface area contributed by atoms with Gasteiger partial charge in [-0.2, -0.15) is 0 Å². The highest BCUT2D eigenvalue weighted by Crippen LogP contribution is 2.33. The van der Waals surface area contributed by atoms with E-state index >= 15 is 0 Å². The molecule has 1 aromatic carbocycles. The number of nitrogens with zero attached hydrogens (tertiary/aromatic N) is 1. The van der Waals surface area contributed by atoms with Crippen molar-refractivity contribution < 1.29 is 38.2 Å². The van der Waals surface area contributed by atoms with Gasteiger partial charge in [-0.15, -0.1) is 0 Å². The molecule has 2 aliphatic rings. The fraction of sp³-hybridized carbons (Fsp3) is 0.586. The first-order valence-electron chi connectivity index (χ1n) is 14.1. The van der Waals surface area contributed by atoms with Crippen LogP contribution in [0.4, 0.5) is 0 Å². The fourth-order valence-electron chi connectivity index (χ4n) is 4.54. The Morgan fingerprint density at radius 2 is 1.51 bits per heavy atom. The summed E-state index contributed by atoms with van der Waals surface area (Å²) in [5.74, 6) is -2.83. The number of fused-ring (bicyclic) bond motifs is 1. The highest BCUT2D eigenvalue weighted by Gasteiger charge is 2.46. The predicted octanol–water partition coefficient (Wildman–Crippen LogP) is 1.85. The number of ether oxygens (including phenoxy) is 2. The van der Waals surface area contributed by atoms with E-state index in [1.54, 1.807) is 6.07 Å². The minimum Gasteiger partial charge on any atom is -0.483 e. The summed E-state index contributed by atoms with van der Waals surface area (Å²) < 4.78 is 11.0. The summed E-state index contributed by atoms with van der Waals surface area (Å²) >= 11 is 0. The lowest BCUT2D eigenvalue weighted by atomic mass is 10.0. The molecule has 3 rings (SSSR count). The number of hydrogen-bond acceptors (Lipinski definition) is 8. The molecule has 0 aliphatic carbocycles. The Morgan fingerprint density at radius 3 is 2.12 bits per heavy atom. The Kier molecular flexibility index (Phi) is 11.4. The monoisotopic (exact) mass is 572 g/mol. The molecule has 224 valence electrons.